The van der Waals surface area contributed by atoms with Crippen LogP contribution in [0.15, 0.2) is 41.4 Å². The summed E-state index contributed by atoms with van der Waals surface area (Å²) in [6, 6.07) is 9.27. The maximum Gasteiger partial charge on any atom is 0.187 e. The van der Waals surface area contributed by atoms with E-state index in [0.717, 1.165) is 25.1 Å². The van der Waals surface area contributed by atoms with E-state index in [4.69, 9.17) is 4.99 Å². The predicted molar refractivity (Wildman–Crippen MR) is 107 cm³/mol. The molecule has 4 heteroatoms. The third-order valence-corrected chi connectivity index (χ3v) is 11.5. The Hall–Kier alpha value is -1.78. The SMILES string of the molecule is CN1CCC23C4C5=Nc6ccccc6C4CC24C1CC12C=CC(=O)C(O)(C5C14)C23. The second-order valence-corrected chi connectivity index (χ2v) is 11.4. The zero-order valence-electron chi connectivity index (χ0n) is 16.5. The van der Waals surface area contributed by atoms with Gasteiger partial charge in [0.1, 0.15) is 5.60 Å². The highest BCUT2D eigenvalue weighted by molar-refractivity contribution is 6.10. The molecule has 0 amide bonds. The van der Waals surface area contributed by atoms with Crippen molar-refractivity contribution in [2.24, 2.45) is 44.9 Å². The molecule has 1 aromatic rings. The molecule has 0 aromatic heterocycles. The summed E-state index contributed by atoms with van der Waals surface area (Å²) >= 11 is 0. The van der Waals surface area contributed by atoms with Crippen molar-refractivity contribution in [3.05, 3.63) is 42.0 Å². The number of aliphatic hydroxyl groups is 1. The summed E-state index contributed by atoms with van der Waals surface area (Å²) in [5.74, 6) is 1.34. The van der Waals surface area contributed by atoms with Crippen LogP contribution in [0.4, 0.5) is 5.69 Å². The number of likely N-dealkylation sites (tertiary alicyclic amines) is 1. The largest absolute Gasteiger partial charge is 0.381 e. The number of hydrogen-bond acceptors (Lipinski definition) is 4. The van der Waals surface area contributed by atoms with E-state index >= 15 is 0 Å². The van der Waals surface area contributed by atoms with Crippen molar-refractivity contribution in [2.75, 3.05) is 13.6 Å². The second kappa shape index (κ2) is 3.80. The molecule has 1 saturated heterocycles. The van der Waals surface area contributed by atoms with Crippen molar-refractivity contribution in [1.29, 1.82) is 0 Å². The van der Waals surface area contributed by atoms with Crippen LogP contribution in [0.3, 0.4) is 0 Å². The fourth-order valence-electron chi connectivity index (χ4n) is 11.6. The lowest BCUT2D eigenvalue weighted by atomic mass is 9.37. The number of carbonyl (C=O) groups excluding carboxylic acids is 1. The average molecular weight is 384 g/mol. The summed E-state index contributed by atoms with van der Waals surface area (Å²) < 4.78 is 0. The molecule has 7 aliphatic carbocycles. The Morgan fingerprint density at radius 3 is 2.93 bits per heavy atom. The van der Waals surface area contributed by atoms with Crippen LogP contribution in [0.5, 0.6) is 0 Å². The van der Waals surface area contributed by atoms with Crippen LogP contribution in [0.2, 0.25) is 0 Å². The maximum atomic E-state index is 13.3. The third kappa shape index (κ3) is 1.03. The Bertz CT molecular complexity index is 1160. The Balaban J connectivity index is 1.47. The Labute approximate surface area is 169 Å². The number of rotatable bonds is 0. The first-order chi connectivity index (χ1) is 14.0. The van der Waals surface area contributed by atoms with Gasteiger partial charge in [-0.3, -0.25) is 9.79 Å². The van der Waals surface area contributed by atoms with Gasteiger partial charge in [0.2, 0.25) is 0 Å². The highest BCUT2D eigenvalue weighted by atomic mass is 16.3. The van der Waals surface area contributed by atoms with Gasteiger partial charge in [-0.15, -0.1) is 0 Å². The summed E-state index contributed by atoms with van der Waals surface area (Å²) in [6.45, 7) is 1.09. The smallest absolute Gasteiger partial charge is 0.187 e. The van der Waals surface area contributed by atoms with E-state index in [0.29, 0.717) is 23.8 Å². The predicted octanol–water partition coefficient (Wildman–Crippen LogP) is 2.70. The van der Waals surface area contributed by atoms with E-state index < -0.39 is 5.60 Å². The van der Waals surface area contributed by atoms with Gasteiger partial charge in [-0.2, -0.15) is 0 Å². The van der Waals surface area contributed by atoms with E-state index in [2.05, 4.69) is 42.3 Å². The fraction of sp³-hybridized carbons (Fsp3) is 0.600. The average Bonchev–Trinajstić information content (AvgIpc) is 3.27. The Morgan fingerprint density at radius 1 is 1.17 bits per heavy atom. The topological polar surface area (TPSA) is 52.9 Å². The highest BCUT2D eigenvalue weighted by Crippen LogP contribution is 2.97. The summed E-state index contributed by atoms with van der Waals surface area (Å²) in [4.78, 5) is 21.2. The number of para-hydroxylation sites is 1. The number of ketones is 1. The van der Waals surface area contributed by atoms with Gasteiger partial charge in [0.05, 0.1) is 5.69 Å². The van der Waals surface area contributed by atoms with Gasteiger partial charge in [0, 0.05) is 34.9 Å². The molecule has 3 spiro atoms. The first-order valence-electron chi connectivity index (χ1n) is 11.4. The zero-order chi connectivity index (χ0) is 19.1. The van der Waals surface area contributed by atoms with Crippen molar-refractivity contribution >= 4 is 17.2 Å². The molecule has 4 nitrogen and oxygen atoms in total. The molecule has 6 saturated carbocycles. The van der Waals surface area contributed by atoms with Crippen molar-refractivity contribution in [2.45, 2.75) is 36.8 Å². The van der Waals surface area contributed by atoms with Crippen LogP contribution in [-0.2, 0) is 4.79 Å². The van der Waals surface area contributed by atoms with Gasteiger partial charge < -0.3 is 10.0 Å². The molecule has 2 aliphatic heterocycles. The lowest BCUT2D eigenvalue weighted by Gasteiger charge is -2.70. The molecule has 146 valence electrons. The van der Waals surface area contributed by atoms with Gasteiger partial charge in [-0.05, 0) is 73.2 Å². The lowest BCUT2D eigenvalue weighted by Crippen LogP contribution is -2.77. The molecule has 7 fully saturated rings. The number of benzene rings is 1. The fourth-order valence-corrected chi connectivity index (χ4v) is 11.6. The molecule has 1 N–H and O–H groups in total. The number of hydrogen-bond donors (Lipinski definition) is 1. The van der Waals surface area contributed by atoms with Crippen LogP contribution < -0.4 is 0 Å². The summed E-state index contributed by atoms with van der Waals surface area (Å²) in [6.07, 6.45) is 7.49. The van der Waals surface area contributed by atoms with Gasteiger partial charge in [0.25, 0.3) is 0 Å². The molecule has 9 aliphatic rings. The lowest BCUT2D eigenvalue weighted by molar-refractivity contribution is -0.221. The van der Waals surface area contributed by atoms with Crippen molar-refractivity contribution in [3.63, 3.8) is 0 Å². The number of carbonyl (C=O) groups is 1. The monoisotopic (exact) mass is 384 g/mol. The Kier molecular flexibility index (Phi) is 1.98. The highest BCUT2D eigenvalue weighted by Gasteiger charge is 2.99. The van der Waals surface area contributed by atoms with E-state index in [1.54, 1.807) is 6.08 Å². The molecule has 0 radical (unpaired) electrons. The van der Waals surface area contributed by atoms with Crippen LogP contribution in [-0.4, -0.2) is 46.7 Å². The number of nitrogens with zero attached hydrogens (tertiary/aromatic N) is 2. The zero-order valence-corrected chi connectivity index (χ0v) is 16.5. The standard InChI is InChI=1S/C25H24N2O2/c1-27-9-8-23-17-13-10-24(23)15(27)11-22-7-6-16(28)25(29,21(22)23)18(20(22)24)19(17)26-14-5-3-2-4-12(13)14/h2-7,13,15,17-18,20-21,29H,8-11H2,1H3. The Morgan fingerprint density at radius 2 is 2.03 bits per heavy atom. The molecule has 29 heavy (non-hydrogen) atoms. The number of piperidine rings is 1. The quantitative estimate of drug-likeness (QED) is 0.748. The second-order valence-electron chi connectivity index (χ2n) is 11.4. The van der Waals surface area contributed by atoms with E-state index in [9.17, 15) is 9.90 Å². The van der Waals surface area contributed by atoms with Crippen LogP contribution in [0, 0.1) is 39.9 Å². The number of aliphatic imine (C=N–C) groups is 1. The maximum absolute atomic E-state index is 13.3. The molecule has 1 aromatic carbocycles. The summed E-state index contributed by atoms with van der Waals surface area (Å²) in [7, 11) is 2.32. The molecule has 10 rings (SSSR count). The minimum Gasteiger partial charge on any atom is -0.381 e. The van der Waals surface area contributed by atoms with Crippen molar-refractivity contribution < 1.29 is 9.90 Å². The van der Waals surface area contributed by atoms with Gasteiger partial charge >= 0.3 is 0 Å². The molecule has 10 unspecified atom stereocenters. The molecular weight excluding hydrogens is 360 g/mol. The minimum absolute atomic E-state index is 0.00366. The minimum atomic E-state index is -1.21. The summed E-state index contributed by atoms with van der Waals surface area (Å²) in [5.41, 5.74) is 2.81. The van der Waals surface area contributed by atoms with Crippen molar-refractivity contribution in [1.82, 2.24) is 4.90 Å². The van der Waals surface area contributed by atoms with Crippen LogP contribution in [0.1, 0.15) is 30.7 Å². The summed E-state index contributed by atoms with van der Waals surface area (Å²) in [5, 5.41) is 12.2. The van der Waals surface area contributed by atoms with Gasteiger partial charge in [-0.1, -0.05) is 24.3 Å². The van der Waals surface area contributed by atoms with Crippen LogP contribution in [0.25, 0.3) is 0 Å². The number of allylic oxidation sites excluding steroid dienone is 1. The van der Waals surface area contributed by atoms with Crippen molar-refractivity contribution in [3.8, 4) is 0 Å². The first kappa shape index (κ1) is 15.1. The van der Waals surface area contributed by atoms with Gasteiger partial charge in [-0.25, -0.2) is 0 Å². The van der Waals surface area contributed by atoms with E-state index in [1.165, 1.54) is 17.7 Å². The third-order valence-electron chi connectivity index (χ3n) is 11.5. The normalized spacial score (nSPS) is 60.8. The molecular formula is C25H24N2O2. The molecule has 10 atom stereocenters. The number of fused-ring (bicyclic) bond motifs is 2. The molecule has 8 bridgehead atoms. The first-order valence-corrected chi connectivity index (χ1v) is 11.4. The van der Waals surface area contributed by atoms with Crippen LogP contribution >= 0.6 is 0 Å². The van der Waals surface area contributed by atoms with Gasteiger partial charge in [0.15, 0.2) is 5.78 Å². The van der Waals surface area contributed by atoms with E-state index in [1.807, 2.05) is 0 Å². The van der Waals surface area contributed by atoms with E-state index in [-0.39, 0.29) is 33.9 Å². The molecule has 2 heterocycles.